The van der Waals surface area contributed by atoms with Gasteiger partial charge >= 0.3 is 17.9 Å². The van der Waals surface area contributed by atoms with Crippen LogP contribution in [0.25, 0.3) is 0 Å². The fourth-order valence-corrected chi connectivity index (χ4v) is 1.20. The van der Waals surface area contributed by atoms with E-state index in [0.29, 0.717) is 0 Å². The monoisotopic (exact) mass is 336 g/mol. The van der Waals surface area contributed by atoms with Crippen molar-refractivity contribution in [3.63, 3.8) is 0 Å². The lowest BCUT2D eigenvalue weighted by molar-refractivity contribution is -0.140. The first kappa shape index (κ1) is 23.0. The summed E-state index contributed by atoms with van der Waals surface area (Å²) in [4.78, 5) is 39.6. The van der Waals surface area contributed by atoms with E-state index < -0.39 is 35.9 Å². The number of amides is 1. The summed E-state index contributed by atoms with van der Waals surface area (Å²) in [7, 11) is 0. The van der Waals surface area contributed by atoms with Gasteiger partial charge in [0.2, 0.25) is 5.91 Å². The number of carbonyl (C=O) groups excluding carboxylic acids is 1. The van der Waals surface area contributed by atoms with Crippen LogP contribution in [0.1, 0.15) is 26.2 Å². The second-order valence-electron chi connectivity index (χ2n) is 4.73. The Labute approximate surface area is 132 Å². The average Bonchev–Trinajstić information content (AvgIpc) is 2.93. The highest BCUT2D eigenvalue weighted by atomic mass is 16.4. The lowest BCUT2D eigenvalue weighted by Gasteiger charge is -1.99. The van der Waals surface area contributed by atoms with Crippen LogP contribution in [0.2, 0.25) is 0 Å². The first-order valence-corrected chi connectivity index (χ1v) is 6.70. The number of carboxylic acids is 3. The molecule has 10 N–H and O–H groups in total. The molecule has 1 fully saturated rings. The van der Waals surface area contributed by atoms with Gasteiger partial charge in [0.25, 0.3) is 0 Å². The topological polar surface area (TPSA) is 219 Å². The first-order valence-electron chi connectivity index (χ1n) is 6.70. The van der Waals surface area contributed by atoms with Gasteiger partial charge in [0.15, 0.2) is 0 Å². The van der Waals surface area contributed by atoms with Crippen LogP contribution in [0.5, 0.6) is 0 Å². The minimum Gasteiger partial charge on any atom is -0.480 e. The van der Waals surface area contributed by atoms with Crippen molar-refractivity contribution in [2.24, 2.45) is 17.2 Å². The molecule has 0 saturated carbocycles. The van der Waals surface area contributed by atoms with E-state index in [1.165, 1.54) is 6.92 Å². The third kappa shape index (κ3) is 14.5. The fraction of sp³-hybridized carbons (Fsp3) is 0.667. The summed E-state index contributed by atoms with van der Waals surface area (Å²) >= 11 is 0. The van der Waals surface area contributed by atoms with Gasteiger partial charge in [-0.2, -0.15) is 0 Å². The summed E-state index contributed by atoms with van der Waals surface area (Å²) in [5.74, 6) is -3.60. The molecular weight excluding hydrogens is 312 g/mol. The molecule has 3 atom stereocenters. The number of nitrogens with one attached hydrogen (secondary N) is 1. The van der Waals surface area contributed by atoms with E-state index in [9.17, 15) is 19.2 Å². The molecule has 134 valence electrons. The number of hydrogen-bond acceptors (Lipinski definition) is 7. The highest BCUT2D eigenvalue weighted by Gasteiger charge is 2.20. The van der Waals surface area contributed by atoms with Gasteiger partial charge in [-0.15, -0.1) is 0 Å². The molecule has 11 heteroatoms. The van der Waals surface area contributed by atoms with Gasteiger partial charge in [-0.05, 0) is 26.3 Å². The Hall–Kier alpha value is -2.24. The van der Waals surface area contributed by atoms with Crippen molar-refractivity contribution >= 4 is 23.8 Å². The average molecular weight is 336 g/mol. The molecule has 1 heterocycles. The lowest BCUT2D eigenvalue weighted by atomic mass is 10.2. The highest BCUT2D eigenvalue weighted by molar-refractivity contribution is 5.83. The molecule has 11 nitrogen and oxygen atoms in total. The number of nitrogens with two attached hydrogens (primary N) is 3. The lowest BCUT2D eigenvalue weighted by Crippen LogP contribution is -2.34. The number of rotatable bonds is 5. The normalized spacial score (nSPS) is 18.3. The Morgan fingerprint density at radius 1 is 1.13 bits per heavy atom. The molecule has 3 unspecified atom stereocenters. The third-order valence-electron chi connectivity index (χ3n) is 2.49. The van der Waals surface area contributed by atoms with Crippen LogP contribution >= 0.6 is 0 Å². The minimum atomic E-state index is -1.21. The van der Waals surface area contributed by atoms with Gasteiger partial charge in [-0.3, -0.25) is 19.2 Å². The summed E-state index contributed by atoms with van der Waals surface area (Å²) in [5.41, 5.74) is 14.4. The van der Waals surface area contributed by atoms with Crippen LogP contribution in [-0.2, 0) is 19.2 Å². The molecule has 1 saturated heterocycles. The fourth-order valence-electron chi connectivity index (χ4n) is 1.20. The molecule has 0 spiro atoms. The predicted octanol–water partition coefficient (Wildman–Crippen LogP) is -2.49. The van der Waals surface area contributed by atoms with Gasteiger partial charge < -0.3 is 37.8 Å². The molecule has 1 amide bonds. The van der Waals surface area contributed by atoms with Crippen molar-refractivity contribution in [1.29, 1.82) is 0 Å². The molecule has 1 aliphatic rings. The van der Waals surface area contributed by atoms with Crippen LogP contribution in [0.3, 0.4) is 0 Å². The standard InChI is InChI=1S/C5H9NO2.C4H8N2O3.C3H7NO2/c7-5(8)4-2-1-3-6-4;5-2(4(8)9)1-3(6)7;1-2(4)3(5)6/h4,6H,1-3H2,(H,7,8);2H,1,5H2,(H2,6,7)(H,8,9);2H,4H2,1H3,(H,5,6). The van der Waals surface area contributed by atoms with Gasteiger partial charge in [-0.1, -0.05) is 0 Å². The number of aliphatic carboxylic acids is 3. The third-order valence-corrected chi connectivity index (χ3v) is 2.49. The first-order chi connectivity index (χ1) is 10.5. The van der Waals surface area contributed by atoms with Gasteiger partial charge in [0.05, 0.1) is 6.42 Å². The summed E-state index contributed by atoms with van der Waals surface area (Å²) < 4.78 is 0. The Balaban J connectivity index is 0. The van der Waals surface area contributed by atoms with Crippen LogP contribution in [0, 0.1) is 0 Å². The van der Waals surface area contributed by atoms with Crippen molar-refractivity contribution in [3.05, 3.63) is 0 Å². The zero-order valence-corrected chi connectivity index (χ0v) is 12.8. The molecule has 1 rings (SSSR count). The van der Waals surface area contributed by atoms with Crippen molar-refractivity contribution < 1.29 is 34.5 Å². The quantitative estimate of drug-likeness (QED) is 0.280. The SMILES string of the molecule is CC(N)C(=O)O.NC(=O)CC(N)C(=O)O.O=C(O)C1CCCN1. The Bertz CT molecular complexity index is 408. The molecule has 0 radical (unpaired) electrons. The van der Waals surface area contributed by atoms with E-state index in [2.05, 4.69) is 11.1 Å². The molecule has 0 aromatic carbocycles. The number of carbonyl (C=O) groups is 4. The van der Waals surface area contributed by atoms with Crippen LogP contribution in [0.15, 0.2) is 0 Å². The smallest absolute Gasteiger partial charge is 0.321 e. The molecule has 0 aromatic rings. The number of carboxylic acid groups (broad SMARTS) is 3. The largest absolute Gasteiger partial charge is 0.480 e. The second kappa shape index (κ2) is 12.3. The van der Waals surface area contributed by atoms with Crippen molar-refractivity contribution in [2.45, 2.75) is 44.3 Å². The van der Waals surface area contributed by atoms with Crippen LogP contribution in [-0.4, -0.2) is 63.8 Å². The van der Waals surface area contributed by atoms with Gasteiger partial charge in [0, 0.05) is 0 Å². The zero-order chi connectivity index (χ0) is 18.6. The predicted molar refractivity (Wildman–Crippen MR) is 79.4 cm³/mol. The van der Waals surface area contributed by atoms with Crippen molar-refractivity contribution in [1.82, 2.24) is 5.32 Å². The van der Waals surface area contributed by atoms with E-state index in [1.54, 1.807) is 0 Å². The Kier molecular flexibility index (Phi) is 12.3. The maximum absolute atomic E-state index is 10.1. The van der Waals surface area contributed by atoms with Crippen molar-refractivity contribution in [3.8, 4) is 0 Å². The molecule has 0 aliphatic carbocycles. The van der Waals surface area contributed by atoms with Crippen LogP contribution < -0.4 is 22.5 Å². The number of hydrogen-bond donors (Lipinski definition) is 7. The summed E-state index contributed by atoms with van der Waals surface area (Å²) in [5, 5.41) is 27.2. The molecular formula is C12H24N4O7. The van der Waals surface area contributed by atoms with Crippen molar-refractivity contribution in [2.75, 3.05) is 6.54 Å². The molecule has 1 aliphatic heterocycles. The van der Waals surface area contributed by atoms with E-state index >= 15 is 0 Å². The number of primary amides is 1. The van der Waals surface area contributed by atoms with E-state index in [0.717, 1.165) is 19.4 Å². The summed E-state index contributed by atoms with van der Waals surface area (Å²) in [6, 6.07) is -2.16. The highest BCUT2D eigenvalue weighted by Crippen LogP contribution is 2.03. The van der Waals surface area contributed by atoms with Gasteiger partial charge in [-0.25, -0.2) is 0 Å². The van der Waals surface area contributed by atoms with E-state index in [4.69, 9.17) is 26.8 Å². The molecule has 0 aromatic heterocycles. The van der Waals surface area contributed by atoms with E-state index in [-0.39, 0.29) is 12.5 Å². The van der Waals surface area contributed by atoms with Gasteiger partial charge in [0.1, 0.15) is 18.1 Å². The van der Waals surface area contributed by atoms with E-state index in [1.807, 2.05) is 0 Å². The maximum Gasteiger partial charge on any atom is 0.321 e. The Morgan fingerprint density at radius 2 is 1.61 bits per heavy atom. The summed E-state index contributed by atoms with van der Waals surface area (Å²) in [6.07, 6.45) is 1.47. The maximum atomic E-state index is 10.1. The second-order valence-corrected chi connectivity index (χ2v) is 4.73. The van der Waals surface area contributed by atoms with Crippen LogP contribution in [0.4, 0.5) is 0 Å². The molecule has 0 bridgehead atoms. The summed E-state index contributed by atoms with van der Waals surface area (Å²) in [6.45, 7) is 2.28. The molecule has 23 heavy (non-hydrogen) atoms. The zero-order valence-electron chi connectivity index (χ0n) is 12.8. The Morgan fingerprint density at radius 3 is 1.74 bits per heavy atom. The minimum absolute atomic E-state index is 0.269.